The van der Waals surface area contributed by atoms with Crippen LogP contribution < -0.4 is 10.6 Å². The second kappa shape index (κ2) is 13.6. The maximum atomic E-state index is 14.0. The van der Waals surface area contributed by atoms with Gasteiger partial charge in [0.25, 0.3) is 0 Å². The largest absolute Gasteiger partial charge is 0.444 e. The lowest BCUT2D eigenvalue weighted by molar-refractivity contribution is -0.142. The summed E-state index contributed by atoms with van der Waals surface area (Å²) in [6.07, 6.45) is -0.147. The van der Waals surface area contributed by atoms with Crippen molar-refractivity contribution in [3.8, 4) is 6.07 Å². The molecule has 0 aliphatic heterocycles. The van der Waals surface area contributed by atoms with Crippen molar-refractivity contribution in [1.82, 2.24) is 15.5 Å². The Morgan fingerprint density at radius 3 is 2.29 bits per heavy atom. The minimum Gasteiger partial charge on any atom is -0.444 e. The summed E-state index contributed by atoms with van der Waals surface area (Å²) >= 11 is 0. The van der Waals surface area contributed by atoms with Gasteiger partial charge >= 0.3 is 6.09 Å². The minimum atomic E-state index is -1.07. The summed E-state index contributed by atoms with van der Waals surface area (Å²) in [4.78, 5) is 41.7. The molecule has 0 radical (unpaired) electrons. The molecule has 2 rings (SSSR count). The zero-order valence-corrected chi connectivity index (χ0v) is 23.5. The number of carbonyl (C=O) groups is 3. The molecule has 0 heterocycles. The number of alkyl carbamates (subject to hydrolysis) is 1. The molecule has 38 heavy (non-hydrogen) atoms. The molecule has 3 amide bonds. The zero-order valence-electron chi connectivity index (χ0n) is 23.5. The van der Waals surface area contributed by atoms with Crippen molar-refractivity contribution in [2.75, 3.05) is 6.54 Å². The molecule has 0 aromatic heterocycles. The Hall–Kier alpha value is -3.86. The van der Waals surface area contributed by atoms with Gasteiger partial charge in [0.05, 0.1) is 6.07 Å². The van der Waals surface area contributed by atoms with E-state index in [2.05, 4.69) is 10.6 Å². The van der Waals surface area contributed by atoms with Gasteiger partial charge < -0.3 is 20.3 Å². The fraction of sp³-hybridized carbons (Fsp3) is 0.467. The SMILES string of the molecule is CCC(C)C(NC(=O)OC(C)(C)C)C(=O)N(CC#N)C(C(=O)NCc1ccccc1)c1ccc(C)cc1C. The third-order valence-corrected chi connectivity index (χ3v) is 6.26. The predicted octanol–water partition coefficient (Wildman–Crippen LogP) is 4.95. The first kappa shape index (κ1) is 30.4. The number of rotatable bonds is 10. The smallest absolute Gasteiger partial charge is 0.408 e. The van der Waals surface area contributed by atoms with Gasteiger partial charge in [0.1, 0.15) is 24.2 Å². The van der Waals surface area contributed by atoms with Gasteiger partial charge in [-0.15, -0.1) is 0 Å². The number of nitriles is 1. The van der Waals surface area contributed by atoms with Crippen molar-refractivity contribution in [1.29, 1.82) is 5.26 Å². The van der Waals surface area contributed by atoms with Gasteiger partial charge in [0, 0.05) is 6.54 Å². The Morgan fingerprint density at radius 1 is 1.08 bits per heavy atom. The lowest BCUT2D eigenvalue weighted by atomic mass is 9.93. The molecule has 3 unspecified atom stereocenters. The molecule has 2 N–H and O–H groups in total. The summed E-state index contributed by atoms with van der Waals surface area (Å²) in [5, 5.41) is 15.3. The van der Waals surface area contributed by atoms with E-state index in [1.165, 1.54) is 4.90 Å². The summed E-state index contributed by atoms with van der Waals surface area (Å²) in [5.41, 5.74) is 2.60. The molecule has 2 aromatic rings. The van der Waals surface area contributed by atoms with Crippen LogP contribution in [0, 0.1) is 31.1 Å². The van der Waals surface area contributed by atoms with Crippen LogP contribution in [-0.4, -0.2) is 41.0 Å². The van der Waals surface area contributed by atoms with Crippen LogP contribution in [0.4, 0.5) is 4.79 Å². The van der Waals surface area contributed by atoms with Crippen LogP contribution in [0.1, 0.15) is 69.3 Å². The van der Waals surface area contributed by atoms with E-state index < -0.39 is 35.6 Å². The minimum absolute atomic E-state index is 0.265. The van der Waals surface area contributed by atoms with Crippen LogP contribution in [0.5, 0.6) is 0 Å². The molecule has 204 valence electrons. The zero-order chi connectivity index (χ0) is 28.5. The molecule has 0 aliphatic rings. The molecule has 8 nitrogen and oxygen atoms in total. The van der Waals surface area contributed by atoms with E-state index in [1.807, 2.05) is 82.3 Å². The first-order valence-corrected chi connectivity index (χ1v) is 12.9. The fourth-order valence-corrected chi connectivity index (χ4v) is 4.13. The number of benzene rings is 2. The molecule has 0 spiro atoms. The van der Waals surface area contributed by atoms with Gasteiger partial charge in [-0.05, 0) is 57.2 Å². The Morgan fingerprint density at radius 2 is 1.74 bits per heavy atom. The second-order valence-corrected chi connectivity index (χ2v) is 10.6. The monoisotopic (exact) mass is 520 g/mol. The summed E-state index contributed by atoms with van der Waals surface area (Å²) < 4.78 is 5.40. The number of amides is 3. The average molecular weight is 521 g/mol. The normalized spacial score (nSPS) is 13.4. The van der Waals surface area contributed by atoms with Gasteiger partial charge in [0.2, 0.25) is 11.8 Å². The van der Waals surface area contributed by atoms with Gasteiger partial charge in [-0.2, -0.15) is 5.26 Å². The molecule has 0 bridgehead atoms. The van der Waals surface area contributed by atoms with Crippen LogP contribution in [0.2, 0.25) is 0 Å². The molecule has 0 saturated carbocycles. The number of carbonyl (C=O) groups excluding carboxylic acids is 3. The summed E-state index contributed by atoms with van der Waals surface area (Å²) in [7, 11) is 0. The lowest BCUT2D eigenvalue weighted by Gasteiger charge is -2.35. The molecule has 0 fully saturated rings. The summed E-state index contributed by atoms with van der Waals surface area (Å²) in [6, 6.07) is 15.1. The number of hydrogen-bond acceptors (Lipinski definition) is 5. The van der Waals surface area contributed by atoms with Crippen molar-refractivity contribution in [3.05, 3.63) is 70.8 Å². The van der Waals surface area contributed by atoms with Crippen molar-refractivity contribution >= 4 is 17.9 Å². The molecule has 8 heteroatoms. The lowest BCUT2D eigenvalue weighted by Crippen LogP contribution is -2.55. The first-order valence-electron chi connectivity index (χ1n) is 12.9. The number of aryl methyl sites for hydroxylation is 2. The van der Waals surface area contributed by atoms with E-state index in [0.29, 0.717) is 12.0 Å². The van der Waals surface area contributed by atoms with E-state index >= 15 is 0 Å². The highest BCUT2D eigenvalue weighted by molar-refractivity contribution is 5.92. The Kier molecular flexibility index (Phi) is 10.9. The van der Waals surface area contributed by atoms with E-state index in [9.17, 15) is 19.6 Å². The van der Waals surface area contributed by atoms with E-state index in [0.717, 1.165) is 16.7 Å². The molecular formula is C30H40N4O4. The quantitative estimate of drug-likeness (QED) is 0.431. The van der Waals surface area contributed by atoms with Crippen molar-refractivity contribution in [2.24, 2.45) is 5.92 Å². The summed E-state index contributed by atoms with van der Waals surface area (Å²) in [6.45, 7) is 12.7. The molecule has 0 aliphatic carbocycles. The van der Waals surface area contributed by atoms with Crippen LogP contribution in [-0.2, 0) is 20.9 Å². The van der Waals surface area contributed by atoms with E-state index in [4.69, 9.17) is 4.74 Å². The highest BCUT2D eigenvalue weighted by Gasteiger charge is 2.38. The van der Waals surface area contributed by atoms with Crippen LogP contribution in [0.3, 0.4) is 0 Å². The van der Waals surface area contributed by atoms with Gasteiger partial charge in [-0.25, -0.2) is 4.79 Å². The van der Waals surface area contributed by atoms with Gasteiger partial charge in [0.15, 0.2) is 0 Å². The van der Waals surface area contributed by atoms with Crippen LogP contribution in [0.15, 0.2) is 48.5 Å². The van der Waals surface area contributed by atoms with Crippen LogP contribution in [0.25, 0.3) is 0 Å². The Bertz CT molecular complexity index is 1150. The van der Waals surface area contributed by atoms with Crippen LogP contribution >= 0.6 is 0 Å². The Labute approximate surface area is 226 Å². The Balaban J connectivity index is 2.50. The van der Waals surface area contributed by atoms with Crippen molar-refractivity contribution in [2.45, 2.75) is 79.1 Å². The van der Waals surface area contributed by atoms with Gasteiger partial charge in [-0.3, -0.25) is 9.59 Å². The average Bonchev–Trinajstić information content (AvgIpc) is 2.85. The predicted molar refractivity (Wildman–Crippen MR) is 147 cm³/mol. The first-order chi connectivity index (χ1) is 17.9. The third-order valence-electron chi connectivity index (χ3n) is 6.26. The molecule has 0 saturated heterocycles. The van der Waals surface area contributed by atoms with Crippen molar-refractivity contribution in [3.63, 3.8) is 0 Å². The maximum Gasteiger partial charge on any atom is 0.408 e. The van der Waals surface area contributed by atoms with E-state index in [1.54, 1.807) is 20.8 Å². The maximum absolute atomic E-state index is 14.0. The van der Waals surface area contributed by atoms with Crippen molar-refractivity contribution < 1.29 is 19.1 Å². The molecule has 3 atom stereocenters. The number of nitrogens with zero attached hydrogens (tertiary/aromatic N) is 2. The number of ether oxygens (including phenoxy) is 1. The topological polar surface area (TPSA) is 112 Å². The highest BCUT2D eigenvalue weighted by atomic mass is 16.6. The fourth-order valence-electron chi connectivity index (χ4n) is 4.13. The molecular weight excluding hydrogens is 480 g/mol. The third kappa shape index (κ3) is 8.62. The number of hydrogen-bond donors (Lipinski definition) is 2. The van der Waals surface area contributed by atoms with E-state index in [-0.39, 0.29) is 19.0 Å². The second-order valence-electron chi connectivity index (χ2n) is 10.6. The van der Waals surface area contributed by atoms with Gasteiger partial charge in [-0.1, -0.05) is 74.4 Å². The molecule has 2 aromatic carbocycles. The summed E-state index contributed by atoms with van der Waals surface area (Å²) in [5.74, 6) is -1.21. The number of nitrogens with one attached hydrogen (secondary N) is 2. The standard InChI is InChI=1S/C30H40N4O4/c1-8-21(3)25(33-29(37)38-30(5,6)7)28(36)34(17-16-31)26(24-15-14-20(2)18-22(24)4)27(35)32-19-23-12-10-9-11-13-23/h9-15,18,21,25-26H,8,17,19H2,1-7H3,(H,32,35)(H,33,37). The highest BCUT2D eigenvalue weighted by Crippen LogP contribution is 2.27.